The van der Waals surface area contributed by atoms with E-state index in [9.17, 15) is 35.9 Å². The molecule has 6 aliphatic heterocycles. The SMILES string of the molecule is CC1CCN2C[C@H]1N(C(=O)Nc1cnccn1)c1nc(N3CCC[C@H](C(F)(F)F)C3)ccc12.CC1CCN2C[C@H]1Nc1nc(N3CCC[C@H](C(F)(F)F)C3)ccc12.O=C(O)c1cnccn1.S.S.S.S. The molecule has 386 valence electrons. The highest BCUT2D eigenvalue weighted by atomic mass is 32.1. The zero-order valence-corrected chi connectivity index (χ0v) is 42.6. The minimum absolute atomic E-state index is 0. The number of pyridine rings is 2. The average molecular weight is 1060 g/mol. The molecule has 10 rings (SSSR count). The normalized spacial score (nSPS) is 23.2. The Morgan fingerprint density at radius 1 is 0.657 bits per heavy atom. The highest BCUT2D eigenvalue weighted by Crippen LogP contribution is 2.43. The molecule has 4 saturated heterocycles. The second kappa shape index (κ2) is 24.5. The monoisotopic (exact) mass is 1060 g/mol. The summed E-state index contributed by atoms with van der Waals surface area (Å²) in [5.41, 5.74) is 1.87. The lowest BCUT2D eigenvalue weighted by molar-refractivity contribution is -0.176. The average Bonchev–Trinajstić information content (AvgIpc) is 3.31. The second-order valence-electron chi connectivity index (χ2n) is 17.7. The number of urea groups is 1. The summed E-state index contributed by atoms with van der Waals surface area (Å²) >= 11 is 0. The molecule has 2 amide bonds. The summed E-state index contributed by atoms with van der Waals surface area (Å²) < 4.78 is 79.2. The van der Waals surface area contributed by atoms with Crippen LogP contribution in [0.15, 0.2) is 61.4 Å². The van der Waals surface area contributed by atoms with Crippen LogP contribution in [0.2, 0.25) is 0 Å². The number of nitrogens with one attached hydrogen (secondary N) is 2. The number of aromatic carboxylic acids is 1. The summed E-state index contributed by atoms with van der Waals surface area (Å²) in [7, 11) is 0. The maximum atomic E-state index is 13.4. The third-order valence-corrected chi connectivity index (χ3v) is 13.4. The predicted octanol–water partition coefficient (Wildman–Crippen LogP) is 8.04. The van der Waals surface area contributed by atoms with E-state index in [1.807, 2.05) is 18.2 Å². The standard InChI is InChI=1S/C22H26F3N7O.C17H23F3N4.C5H4N2O2.4H2S/c1-14-6-10-30-13-17(14)32(21(33)28-18-11-26-7-8-27-18)20-16(30)4-5-19(29-20)31-9-2-3-15(12-31)22(23,24)25;1-11-6-8-23-10-13(11)21-16-14(23)4-5-15(22-16)24-7-2-3-12(9-24)17(18,19)20;8-5(9)4-3-6-1-2-7-4;;;;/h4-5,7-8,11,14-15,17H,2-3,6,9-10,12-13H2,1H3,(H,27,28,33);4-5,11-13H,2-3,6-10H2,1H3,(H,21,22);1-3H,(H,8,9);4*1H2/t14?,15-,17+;11?,12-,13+;;;;;/m00...../s1. The van der Waals surface area contributed by atoms with Crippen molar-refractivity contribution in [2.75, 3.05) is 87.5 Å². The van der Waals surface area contributed by atoms with Crippen molar-refractivity contribution < 1.29 is 41.0 Å². The van der Waals surface area contributed by atoms with Crippen LogP contribution in [0.3, 0.4) is 0 Å². The molecule has 4 bridgehead atoms. The van der Waals surface area contributed by atoms with Crippen molar-refractivity contribution in [3.05, 3.63) is 67.1 Å². The van der Waals surface area contributed by atoms with Crippen molar-refractivity contribution in [3.8, 4) is 0 Å². The molecule has 2 unspecified atom stereocenters. The summed E-state index contributed by atoms with van der Waals surface area (Å²) in [5, 5.41) is 14.6. The van der Waals surface area contributed by atoms with Crippen LogP contribution in [-0.4, -0.2) is 124 Å². The number of carbonyl (C=O) groups is 2. The smallest absolute Gasteiger partial charge is 0.393 e. The minimum Gasteiger partial charge on any atom is -0.476 e. The van der Waals surface area contributed by atoms with Crippen LogP contribution in [0.5, 0.6) is 0 Å². The number of alkyl halides is 6. The highest BCUT2D eigenvalue weighted by molar-refractivity contribution is 7.59. The minimum atomic E-state index is -4.23. The van der Waals surface area contributed by atoms with Gasteiger partial charge in [0.05, 0.1) is 41.6 Å². The van der Waals surface area contributed by atoms with Crippen LogP contribution >= 0.6 is 54.0 Å². The van der Waals surface area contributed by atoms with Gasteiger partial charge in [-0.1, -0.05) is 13.8 Å². The zero-order chi connectivity index (χ0) is 46.8. The largest absolute Gasteiger partial charge is 0.476 e. The number of fused-ring (bicyclic) bond motifs is 8. The first kappa shape index (κ1) is 57.8. The molecule has 0 radical (unpaired) electrons. The Kier molecular flexibility index (Phi) is 20.2. The second-order valence-corrected chi connectivity index (χ2v) is 17.7. The number of carbonyl (C=O) groups excluding carboxylic acids is 1. The van der Waals surface area contributed by atoms with Crippen molar-refractivity contribution in [3.63, 3.8) is 0 Å². The number of carboxylic acids is 1. The van der Waals surface area contributed by atoms with Crippen LogP contribution in [0, 0.1) is 23.7 Å². The van der Waals surface area contributed by atoms with Crippen molar-refractivity contribution in [1.29, 1.82) is 0 Å². The van der Waals surface area contributed by atoms with Crippen LogP contribution in [-0.2, 0) is 0 Å². The molecule has 0 spiro atoms. The Labute approximate surface area is 430 Å². The van der Waals surface area contributed by atoms with E-state index in [1.54, 1.807) is 20.8 Å². The first-order valence-corrected chi connectivity index (χ1v) is 22.3. The molecule has 3 N–H and O–H groups in total. The molecule has 26 heteroatoms. The molecule has 4 aromatic rings. The lowest BCUT2D eigenvalue weighted by Crippen LogP contribution is -2.59. The number of amides is 2. The third-order valence-electron chi connectivity index (χ3n) is 13.4. The van der Waals surface area contributed by atoms with Gasteiger partial charge in [-0.3, -0.25) is 20.2 Å². The first-order chi connectivity index (χ1) is 31.5. The molecule has 6 aliphatic rings. The number of hydrogen-bond acceptors (Lipinski definition) is 13. The summed E-state index contributed by atoms with van der Waals surface area (Å²) in [4.78, 5) is 57.8. The number of carboxylic acid groups (broad SMARTS) is 1. The fourth-order valence-corrected chi connectivity index (χ4v) is 9.52. The lowest BCUT2D eigenvalue weighted by atomic mass is 9.89. The van der Waals surface area contributed by atoms with E-state index in [4.69, 9.17) is 10.1 Å². The van der Waals surface area contributed by atoms with Gasteiger partial charge in [-0.05, 0) is 74.6 Å². The van der Waals surface area contributed by atoms with E-state index in [1.165, 1.54) is 37.2 Å². The van der Waals surface area contributed by atoms with E-state index < -0.39 is 30.2 Å². The fraction of sp³-hybridized carbons (Fsp3) is 0.545. The molecule has 4 fully saturated rings. The van der Waals surface area contributed by atoms with E-state index in [2.05, 4.69) is 59.2 Å². The number of nitrogens with zero attached hydrogens (tertiary/aromatic N) is 11. The third kappa shape index (κ3) is 13.4. The van der Waals surface area contributed by atoms with Gasteiger partial charge in [0.1, 0.15) is 11.6 Å². The van der Waals surface area contributed by atoms with E-state index in [-0.39, 0.29) is 104 Å². The van der Waals surface area contributed by atoms with Crippen LogP contribution in [0.25, 0.3) is 0 Å². The number of hydrogen-bond donors (Lipinski definition) is 3. The Hall–Kier alpha value is -4.82. The molecule has 0 saturated carbocycles. The predicted molar refractivity (Wildman–Crippen MR) is 278 cm³/mol. The van der Waals surface area contributed by atoms with E-state index in [0.29, 0.717) is 67.7 Å². The van der Waals surface area contributed by atoms with Crippen LogP contribution in [0.4, 0.5) is 71.6 Å². The van der Waals surface area contributed by atoms with Crippen LogP contribution < -0.4 is 35.1 Å². The summed E-state index contributed by atoms with van der Waals surface area (Å²) in [6.07, 6.45) is 3.53. The Bertz CT molecular complexity index is 2340. The molecule has 0 aliphatic carbocycles. The number of aromatic nitrogens is 6. The molecule has 10 heterocycles. The van der Waals surface area contributed by atoms with Gasteiger partial charge >= 0.3 is 24.4 Å². The van der Waals surface area contributed by atoms with Gasteiger partial charge in [-0.15, -0.1) is 0 Å². The van der Waals surface area contributed by atoms with Gasteiger partial charge in [0, 0.05) is 83.2 Å². The Morgan fingerprint density at radius 3 is 1.76 bits per heavy atom. The molecular weight excluding hydrogens is 1000 g/mol. The van der Waals surface area contributed by atoms with Gasteiger partial charge in [0.15, 0.2) is 23.1 Å². The molecular formula is C44H61F6N13O3S4. The van der Waals surface area contributed by atoms with Gasteiger partial charge < -0.3 is 30.0 Å². The highest BCUT2D eigenvalue weighted by Gasteiger charge is 2.45. The maximum Gasteiger partial charge on any atom is 0.393 e. The van der Waals surface area contributed by atoms with Crippen molar-refractivity contribution in [1.82, 2.24) is 29.9 Å². The van der Waals surface area contributed by atoms with Gasteiger partial charge in [-0.25, -0.2) is 29.5 Å². The fourth-order valence-electron chi connectivity index (χ4n) is 9.52. The van der Waals surface area contributed by atoms with Crippen molar-refractivity contribution in [2.45, 2.75) is 76.8 Å². The molecule has 0 aromatic carbocycles. The number of anilines is 7. The maximum absolute atomic E-state index is 13.4. The Balaban J connectivity index is 0.000000253. The van der Waals surface area contributed by atoms with Gasteiger partial charge in [0.25, 0.3) is 0 Å². The quantitative estimate of drug-likeness (QED) is 0.168. The van der Waals surface area contributed by atoms with Crippen molar-refractivity contribution in [2.24, 2.45) is 23.7 Å². The molecule has 6 atom stereocenters. The van der Waals surface area contributed by atoms with E-state index >= 15 is 0 Å². The van der Waals surface area contributed by atoms with E-state index in [0.717, 1.165) is 49.7 Å². The van der Waals surface area contributed by atoms with Crippen LogP contribution in [0.1, 0.15) is 62.9 Å². The number of halogens is 6. The molecule has 70 heavy (non-hydrogen) atoms. The molecule has 16 nitrogen and oxygen atoms in total. The topological polar surface area (TPSA) is 172 Å². The summed E-state index contributed by atoms with van der Waals surface area (Å²) in [6.45, 7) is 8.93. The number of rotatable bonds is 4. The van der Waals surface area contributed by atoms with Crippen molar-refractivity contribution >= 4 is 106 Å². The summed E-state index contributed by atoms with van der Waals surface area (Å²) in [6, 6.07) is 7.43. The summed E-state index contributed by atoms with van der Waals surface area (Å²) in [5.74, 6) is -0.0867. The Morgan fingerprint density at radius 2 is 1.21 bits per heavy atom. The van der Waals surface area contributed by atoms with Gasteiger partial charge in [-0.2, -0.15) is 80.3 Å². The number of piperidine rings is 4. The van der Waals surface area contributed by atoms with Gasteiger partial charge in [0.2, 0.25) is 0 Å². The first-order valence-electron chi connectivity index (χ1n) is 22.3. The lowest BCUT2D eigenvalue weighted by Gasteiger charge is -2.48. The zero-order valence-electron chi connectivity index (χ0n) is 38.6. The molecule has 4 aromatic heterocycles.